The van der Waals surface area contributed by atoms with Gasteiger partial charge in [-0.15, -0.1) is 0 Å². The topological polar surface area (TPSA) is 56.3 Å². The number of nitrogens with zero attached hydrogens (tertiary/aromatic N) is 4. The number of hydrogen-bond acceptors (Lipinski definition) is 5. The molecule has 0 N–H and O–H groups in total. The molecular weight excluding hydrogens is 348 g/mol. The normalized spacial score (nSPS) is 15.0. The molecule has 5 nitrogen and oxygen atoms in total. The number of benzene rings is 2. The molecule has 140 valence electrons. The van der Waals surface area contributed by atoms with Gasteiger partial charge in [-0.2, -0.15) is 10.2 Å². The van der Waals surface area contributed by atoms with E-state index in [0.717, 1.165) is 38.3 Å². The van der Waals surface area contributed by atoms with Crippen LogP contribution in [-0.2, 0) is 6.54 Å². The van der Waals surface area contributed by atoms with Gasteiger partial charge in [-0.3, -0.25) is 4.90 Å². The van der Waals surface area contributed by atoms with Gasteiger partial charge in [0.2, 0.25) is 17.5 Å². The Morgan fingerprint density at radius 1 is 0.929 bits per heavy atom. The van der Waals surface area contributed by atoms with Crippen molar-refractivity contribution in [1.29, 1.82) is 5.26 Å². The molecule has 0 saturated carbocycles. The fourth-order valence-corrected chi connectivity index (χ4v) is 3.37. The molecule has 0 radical (unpaired) electrons. The lowest BCUT2D eigenvalue weighted by Gasteiger charge is -2.34. The molecule has 0 spiro atoms. The maximum Gasteiger partial charge on any atom is 0.235 e. The second kappa shape index (κ2) is 8.55. The van der Waals surface area contributed by atoms with Gasteiger partial charge in [0, 0.05) is 38.8 Å². The second-order valence-corrected chi connectivity index (χ2v) is 6.81. The molecule has 0 bridgehead atoms. The van der Waals surface area contributed by atoms with Crippen molar-refractivity contribution in [3.05, 3.63) is 83.4 Å². The molecule has 0 aliphatic carbocycles. The molecule has 1 aliphatic heterocycles. The first-order chi connectivity index (χ1) is 13.8. The third-order valence-corrected chi connectivity index (χ3v) is 4.86. The average Bonchev–Trinajstić information content (AvgIpc) is 3.18. The summed E-state index contributed by atoms with van der Waals surface area (Å²) in [6.07, 6.45) is 3.75. The third kappa shape index (κ3) is 4.30. The molecule has 0 atom stereocenters. The largest absolute Gasteiger partial charge is 0.420 e. The number of anilines is 1. The smallest absolute Gasteiger partial charge is 0.235 e. The van der Waals surface area contributed by atoms with Crippen LogP contribution in [0.5, 0.6) is 0 Å². The molecule has 0 unspecified atom stereocenters. The minimum Gasteiger partial charge on any atom is -0.420 e. The highest BCUT2D eigenvalue weighted by Gasteiger charge is 2.23. The van der Waals surface area contributed by atoms with E-state index in [-0.39, 0.29) is 0 Å². The van der Waals surface area contributed by atoms with Crippen LogP contribution in [0.3, 0.4) is 0 Å². The first-order valence-electron chi connectivity index (χ1n) is 9.47. The summed E-state index contributed by atoms with van der Waals surface area (Å²) in [7, 11) is 0. The van der Waals surface area contributed by atoms with E-state index in [4.69, 9.17) is 4.42 Å². The molecule has 1 aliphatic rings. The van der Waals surface area contributed by atoms with Gasteiger partial charge in [-0.25, -0.2) is 0 Å². The van der Waals surface area contributed by atoms with E-state index in [9.17, 15) is 5.26 Å². The number of nitriles is 1. The van der Waals surface area contributed by atoms with Crippen LogP contribution in [-0.4, -0.2) is 36.1 Å². The molecule has 1 aromatic heterocycles. The number of oxazole rings is 1. The molecule has 4 rings (SSSR count). The van der Waals surface area contributed by atoms with E-state index in [2.05, 4.69) is 45.1 Å². The molecule has 2 heterocycles. The van der Waals surface area contributed by atoms with E-state index >= 15 is 0 Å². The molecule has 2 aromatic carbocycles. The van der Waals surface area contributed by atoms with Crippen molar-refractivity contribution in [3.8, 4) is 6.07 Å². The van der Waals surface area contributed by atoms with Crippen LogP contribution in [0.2, 0.25) is 0 Å². The molecule has 1 fully saturated rings. The van der Waals surface area contributed by atoms with Gasteiger partial charge < -0.3 is 9.32 Å². The van der Waals surface area contributed by atoms with Crippen LogP contribution in [0, 0.1) is 11.3 Å². The fourth-order valence-electron chi connectivity index (χ4n) is 3.37. The Hall–Kier alpha value is -3.36. The lowest BCUT2D eigenvalue weighted by molar-refractivity contribution is 0.246. The first-order valence-corrected chi connectivity index (χ1v) is 9.47. The van der Waals surface area contributed by atoms with Crippen molar-refractivity contribution in [3.63, 3.8) is 0 Å². The van der Waals surface area contributed by atoms with E-state index in [1.54, 1.807) is 0 Å². The summed E-state index contributed by atoms with van der Waals surface area (Å²) >= 11 is 0. The van der Waals surface area contributed by atoms with Crippen molar-refractivity contribution in [1.82, 2.24) is 9.88 Å². The number of hydrogen-bond donors (Lipinski definition) is 0. The Morgan fingerprint density at radius 3 is 2.29 bits per heavy atom. The molecule has 28 heavy (non-hydrogen) atoms. The van der Waals surface area contributed by atoms with E-state index in [1.807, 2.05) is 48.6 Å². The molecule has 0 amide bonds. The highest BCUT2D eigenvalue weighted by Crippen LogP contribution is 2.24. The number of piperazine rings is 1. The Balaban J connectivity index is 1.41. The van der Waals surface area contributed by atoms with Gasteiger partial charge in [0.15, 0.2) is 0 Å². The SMILES string of the molecule is N#Cc1nc(/C=C/c2ccccc2)oc1N1CCN(Cc2ccccc2)CC1. The van der Waals surface area contributed by atoms with Gasteiger partial charge in [-0.05, 0) is 17.2 Å². The number of rotatable bonds is 5. The average molecular weight is 370 g/mol. The van der Waals surface area contributed by atoms with Crippen LogP contribution in [0.25, 0.3) is 12.2 Å². The van der Waals surface area contributed by atoms with E-state index < -0.39 is 0 Å². The van der Waals surface area contributed by atoms with Crippen molar-refractivity contribution in [2.45, 2.75) is 6.54 Å². The minimum absolute atomic E-state index is 0.351. The van der Waals surface area contributed by atoms with Crippen molar-refractivity contribution < 1.29 is 4.42 Å². The standard InChI is InChI=1S/C23H22N4O/c24-17-21-23(28-22(25-21)12-11-19-7-3-1-4-8-19)27-15-13-26(14-16-27)18-20-9-5-2-6-10-20/h1-12H,13-16,18H2/b12-11+. The highest BCUT2D eigenvalue weighted by atomic mass is 16.4. The summed E-state index contributed by atoms with van der Waals surface area (Å²) in [6.45, 7) is 4.43. The van der Waals surface area contributed by atoms with Crippen molar-refractivity contribution >= 4 is 18.0 Å². The van der Waals surface area contributed by atoms with Crippen LogP contribution < -0.4 is 4.90 Å². The van der Waals surface area contributed by atoms with Crippen LogP contribution in [0.4, 0.5) is 5.88 Å². The van der Waals surface area contributed by atoms with Crippen LogP contribution >= 0.6 is 0 Å². The highest BCUT2D eigenvalue weighted by molar-refractivity contribution is 5.67. The summed E-state index contributed by atoms with van der Waals surface area (Å²) in [5.74, 6) is 1.04. The quantitative estimate of drug-likeness (QED) is 0.678. The van der Waals surface area contributed by atoms with Gasteiger partial charge in [0.25, 0.3) is 0 Å². The summed E-state index contributed by atoms with van der Waals surface area (Å²) in [5, 5.41) is 9.46. The van der Waals surface area contributed by atoms with Gasteiger partial charge >= 0.3 is 0 Å². The monoisotopic (exact) mass is 370 g/mol. The maximum absolute atomic E-state index is 9.46. The molecular formula is C23H22N4O. The van der Waals surface area contributed by atoms with Crippen molar-refractivity contribution in [2.75, 3.05) is 31.1 Å². The predicted molar refractivity (Wildman–Crippen MR) is 111 cm³/mol. The molecule has 1 saturated heterocycles. The maximum atomic E-state index is 9.46. The van der Waals surface area contributed by atoms with Gasteiger partial charge in [0.05, 0.1) is 0 Å². The van der Waals surface area contributed by atoms with Crippen LogP contribution in [0.15, 0.2) is 65.1 Å². The summed E-state index contributed by atoms with van der Waals surface area (Å²) < 4.78 is 5.91. The van der Waals surface area contributed by atoms with Crippen molar-refractivity contribution in [2.24, 2.45) is 0 Å². The Bertz CT molecular complexity index is 965. The fraction of sp³-hybridized carbons (Fsp3) is 0.217. The third-order valence-electron chi connectivity index (χ3n) is 4.86. The summed E-state index contributed by atoms with van der Waals surface area (Å²) in [6, 6.07) is 22.6. The van der Waals surface area contributed by atoms with E-state index in [0.29, 0.717) is 17.5 Å². The Morgan fingerprint density at radius 2 is 1.61 bits per heavy atom. The zero-order valence-electron chi connectivity index (χ0n) is 15.7. The second-order valence-electron chi connectivity index (χ2n) is 6.81. The summed E-state index contributed by atoms with van der Waals surface area (Å²) in [5.41, 5.74) is 2.74. The zero-order chi connectivity index (χ0) is 19.2. The Labute approximate surface area is 165 Å². The molecule has 5 heteroatoms. The molecule has 3 aromatic rings. The van der Waals surface area contributed by atoms with Crippen LogP contribution in [0.1, 0.15) is 22.7 Å². The number of aromatic nitrogens is 1. The first kappa shape index (κ1) is 18.0. The predicted octanol–water partition coefficient (Wildman–Crippen LogP) is 4.04. The van der Waals surface area contributed by atoms with Gasteiger partial charge in [-0.1, -0.05) is 60.7 Å². The lowest BCUT2D eigenvalue weighted by atomic mass is 10.2. The van der Waals surface area contributed by atoms with E-state index in [1.165, 1.54) is 5.56 Å². The zero-order valence-corrected chi connectivity index (χ0v) is 15.7. The minimum atomic E-state index is 0.351. The lowest BCUT2D eigenvalue weighted by Crippen LogP contribution is -2.46. The summed E-state index contributed by atoms with van der Waals surface area (Å²) in [4.78, 5) is 8.87. The van der Waals surface area contributed by atoms with Gasteiger partial charge in [0.1, 0.15) is 6.07 Å². The Kier molecular flexibility index (Phi) is 5.51.